The molecule has 0 aliphatic heterocycles. The number of benzene rings is 8. The summed E-state index contributed by atoms with van der Waals surface area (Å²) >= 11 is 0. The van der Waals surface area contributed by atoms with Gasteiger partial charge in [0, 0.05) is 33.2 Å². The summed E-state index contributed by atoms with van der Waals surface area (Å²) in [4.78, 5) is 10.3. The summed E-state index contributed by atoms with van der Waals surface area (Å²) in [5.74, 6) is 0.693. The van der Waals surface area contributed by atoms with E-state index in [2.05, 4.69) is 180 Å². The SMILES string of the molecule is c1ccc(-c2cc(-c3ccccc3)nc(-c3cccc(-n4c5ccc6ccccc6c5c5c6ccccc6c(-c6ccccc6)cc54)c3)n2)cc1. The maximum atomic E-state index is 5.16. The van der Waals surface area contributed by atoms with Gasteiger partial charge in [0.15, 0.2) is 5.82 Å². The third-order valence-corrected chi connectivity index (χ3v) is 9.98. The van der Waals surface area contributed by atoms with Gasteiger partial charge in [-0.1, -0.05) is 158 Å². The van der Waals surface area contributed by atoms with E-state index in [1.807, 2.05) is 12.1 Å². The van der Waals surface area contributed by atoms with Crippen LogP contribution in [0.25, 0.3) is 94.1 Å². The van der Waals surface area contributed by atoms with Gasteiger partial charge in [-0.05, 0) is 63.0 Å². The Morgan fingerprint density at radius 2 is 0.902 bits per heavy atom. The Bertz CT molecular complexity index is 2830. The molecule has 2 heterocycles. The van der Waals surface area contributed by atoms with Gasteiger partial charge in [-0.3, -0.25) is 0 Å². The molecule has 0 fully saturated rings. The largest absolute Gasteiger partial charge is 0.309 e. The number of fused-ring (bicyclic) bond motifs is 7. The maximum absolute atomic E-state index is 5.16. The van der Waals surface area contributed by atoms with Crippen LogP contribution in [0.1, 0.15) is 0 Å². The molecule has 2 aromatic heterocycles. The van der Waals surface area contributed by atoms with E-state index < -0.39 is 0 Å². The fourth-order valence-corrected chi connectivity index (χ4v) is 7.65. The highest BCUT2D eigenvalue weighted by atomic mass is 15.0. The van der Waals surface area contributed by atoms with Crippen molar-refractivity contribution in [2.24, 2.45) is 0 Å². The first-order chi connectivity index (χ1) is 25.3. The van der Waals surface area contributed by atoms with E-state index in [0.717, 1.165) is 33.8 Å². The van der Waals surface area contributed by atoms with Gasteiger partial charge in [0.25, 0.3) is 0 Å². The highest BCUT2D eigenvalue weighted by Crippen LogP contribution is 2.44. The van der Waals surface area contributed by atoms with Crippen LogP contribution in [0.2, 0.25) is 0 Å². The van der Waals surface area contributed by atoms with Crippen molar-refractivity contribution in [3.63, 3.8) is 0 Å². The average molecular weight is 650 g/mol. The van der Waals surface area contributed by atoms with Crippen molar-refractivity contribution in [2.75, 3.05) is 0 Å². The lowest BCUT2D eigenvalue weighted by Crippen LogP contribution is -1.98. The highest BCUT2D eigenvalue weighted by Gasteiger charge is 2.20. The first kappa shape index (κ1) is 29.1. The molecule has 10 rings (SSSR count). The topological polar surface area (TPSA) is 30.7 Å². The first-order valence-electron chi connectivity index (χ1n) is 17.3. The van der Waals surface area contributed by atoms with E-state index in [9.17, 15) is 0 Å². The number of aromatic nitrogens is 3. The van der Waals surface area contributed by atoms with Gasteiger partial charge in [0.1, 0.15) is 0 Å². The van der Waals surface area contributed by atoms with E-state index in [-0.39, 0.29) is 0 Å². The number of rotatable bonds is 5. The van der Waals surface area contributed by atoms with Crippen LogP contribution in [0.4, 0.5) is 0 Å². The average Bonchev–Trinajstić information content (AvgIpc) is 3.56. The molecule has 0 spiro atoms. The van der Waals surface area contributed by atoms with Gasteiger partial charge >= 0.3 is 0 Å². The van der Waals surface area contributed by atoms with Crippen LogP contribution in [0.3, 0.4) is 0 Å². The second-order valence-corrected chi connectivity index (χ2v) is 13.0. The molecule has 0 unspecified atom stereocenters. The fourth-order valence-electron chi connectivity index (χ4n) is 7.65. The number of hydrogen-bond donors (Lipinski definition) is 0. The van der Waals surface area contributed by atoms with Gasteiger partial charge < -0.3 is 4.57 Å². The minimum absolute atomic E-state index is 0.693. The lowest BCUT2D eigenvalue weighted by atomic mass is 9.94. The van der Waals surface area contributed by atoms with Gasteiger partial charge in [-0.15, -0.1) is 0 Å². The smallest absolute Gasteiger partial charge is 0.160 e. The van der Waals surface area contributed by atoms with Crippen molar-refractivity contribution >= 4 is 43.4 Å². The Morgan fingerprint density at radius 1 is 0.353 bits per heavy atom. The maximum Gasteiger partial charge on any atom is 0.160 e. The highest BCUT2D eigenvalue weighted by molar-refractivity contribution is 6.30. The van der Waals surface area contributed by atoms with Crippen molar-refractivity contribution in [1.29, 1.82) is 0 Å². The van der Waals surface area contributed by atoms with Crippen LogP contribution in [0, 0.1) is 0 Å². The Labute approximate surface area is 295 Å². The van der Waals surface area contributed by atoms with Crippen molar-refractivity contribution in [3.8, 4) is 50.7 Å². The molecule has 238 valence electrons. The second kappa shape index (κ2) is 11.9. The van der Waals surface area contributed by atoms with Crippen molar-refractivity contribution in [3.05, 3.63) is 188 Å². The lowest BCUT2D eigenvalue weighted by Gasteiger charge is -2.13. The molecule has 3 nitrogen and oxygen atoms in total. The molecule has 0 aliphatic carbocycles. The summed E-state index contributed by atoms with van der Waals surface area (Å²) in [6, 6.07) is 66.7. The Morgan fingerprint density at radius 3 is 1.59 bits per heavy atom. The Balaban J connectivity index is 1.27. The minimum Gasteiger partial charge on any atom is -0.309 e. The van der Waals surface area contributed by atoms with Crippen LogP contribution in [-0.4, -0.2) is 14.5 Å². The van der Waals surface area contributed by atoms with Crippen LogP contribution in [0.15, 0.2) is 188 Å². The predicted molar refractivity (Wildman–Crippen MR) is 213 cm³/mol. The van der Waals surface area contributed by atoms with E-state index in [1.165, 1.54) is 54.5 Å². The van der Waals surface area contributed by atoms with Gasteiger partial charge in [0.2, 0.25) is 0 Å². The third-order valence-electron chi connectivity index (χ3n) is 9.98. The molecular formula is C48H31N3. The summed E-state index contributed by atoms with van der Waals surface area (Å²) in [5, 5.41) is 7.50. The van der Waals surface area contributed by atoms with E-state index in [0.29, 0.717) is 5.82 Å². The van der Waals surface area contributed by atoms with Crippen molar-refractivity contribution < 1.29 is 0 Å². The molecule has 3 heteroatoms. The van der Waals surface area contributed by atoms with E-state index in [1.54, 1.807) is 0 Å². The minimum atomic E-state index is 0.693. The zero-order valence-electron chi connectivity index (χ0n) is 27.7. The Hall–Kier alpha value is -6.84. The first-order valence-corrected chi connectivity index (χ1v) is 17.3. The second-order valence-electron chi connectivity index (χ2n) is 13.0. The molecule has 10 aromatic rings. The fraction of sp³-hybridized carbons (Fsp3) is 0. The summed E-state index contributed by atoms with van der Waals surface area (Å²) < 4.78 is 2.43. The van der Waals surface area contributed by atoms with Crippen molar-refractivity contribution in [2.45, 2.75) is 0 Å². The van der Waals surface area contributed by atoms with Crippen molar-refractivity contribution in [1.82, 2.24) is 14.5 Å². The molecule has 0 bridgehead atoms. The zero-order chi connectivity index (χ0) is 33.7. The van der Waals surface area contributed by atoms with Crippen LogP contribution in [-0.2, 0) is 0 Å². The molecule has 0 N–H and O–H groups in total. The molecule has 8 aromatic carbocycles. The van der Waals surface area contributed by atoms with E-state index in [4.69, 9.17) is 9.97 Å². The van der Waals surface area contributed by atoms with Gasteiger partial charge in [0.05, 0.1) is 22.4 Å². The molecule has 0 saturated carbocycles. The van der Waals surface area contributed by atoms with Crippen LogP contribution >= 0.6 is 0 Å². The monoisotopic (exact) mass is 649 g/mol. The standard InChI is InChI=1S/C48H31N3/c1-4-15-32(16-5-1)41-30-45-47(40-26-13-12-25-39(40)41)46-38-24-11-10-17-33(38)27-28-44(46)51(45)37-23-14-22-36(29-37)48-49-42(34-18-6-2-7-19-34)31-43(50-48)35-20-8-3-9-21-35/h1-31H. The number of nitrogens with zero attached hydrogens (tertiary/aromatic N) is 3. The Kier molecular flexibility index (Phi) is 6.81. The van der Waals surface area contributed by atoms with E-state index >= 15 is 0 Å². The summed E-state index contributed by atoms with van der Waals surface area (Å²) in [6.07, 6.45) is 0. The third kappa shape index (κ3) is 4.90. The van der Waals surface area contributed by atoms with Crippen LogP contribution in [0.5, 0.6) is 0 Å². The van der Waals surface area contributed by atoms with Gasteiger partial charge in [-0.25, -0.2) is 9.97 Å². The molecule has 0 aliphatic rings. The molecule has 0 atom stereocenters. The summed E-state index contributed by atoms with van der Waals surface area (Å²) in [6.45, 7) is 0. The quantitative estimate of drug-likeness (QED) is 0.186. The molecular weight excluding hydrogens is 619 g/mol. The van der Waals surface area contributed by atoms with Gasteiger partial charge in [-0.2, -0.15) is 0 Å². The number of hydrogen-bond acceptors (Lipinski definition) is 2. The van der Waals surface area contributed by atoms with Crippen LogP contribution < -0.4 is 0 Å². The zero-order valence-corrected chi connectivity index (χ0v) is 27.7. The molecule has 0 radical (unpaired) electrons. The molecule has 0 saturated heterocycles. The lowest BCUT2D eigenvalue weighted by molar-refractivity contribution is 1.16. The normalized spacial score (nSPS) is 11.5. The predicted octanol–water partition coefficient (Wildman–Crippen LogP) is 12.5. The molecule has 0 amide bonds. The summed E-state index contributed by atoms with van der Waals surface area (Å²) in [5.41, 5.74) is 10.7. The molecule has 51 heavy (non-hydrogen) atoms. The summed E-state index contributed by atoms with van der Waals surface area (Å²) in [7, 11) is 0.